The molecule has 0 radical (unpaired) electrons. The van der Waals surface area contributed by atoms with Crippen LogP contribution in [0.25, 0.3) is 0 Å². The van der Waals surface area contributed by atoms with E-state index >= 15 is 0 Å². The van der Waals surface area contributed by atoms with E-state index in [1.54, 1.807) is 0 Å². The average Bonchev–Trinajstić information content (AvgIpc) is 2.34. The van der Waals surface area contributed by atoms with Crippen LogP contribution in [0.5, 0.6) is 0 Å². The standard InChI is InChI=1S/C14H24N3/c1-12-4-3-5-14(13(12)2)17(9-6-15)10-7-16-8-11-17/h3-5,16H,6-11,15H2,1-2H3/q+1. The van der Waals surface area contributed by atoms with Crippen LogP contribution in [0.4, 0.5) is 5.69 Å². The number of quaternary nitrogens is 1. The first-order valence-electron chi connectivity index (χ1n) is 6.53. The molecule has 1 aliphatic heterocycles. The summed E-state index contributed by atoms with van der Waals surface area (Å²) in [7, 11) is 0. The summed E-state index contributed by atoms with van der Waals surface area (Å²) in [6.07, 6.45) is 0. The molecule has 0 atom stereocenters. The summed E-state index contributed by atoms with van der Waals surface area (Å²) in [5.41, 5.74) is 10.1. The van der Waals surface area contributed by atoms with Crippen molar-refractivity contribution in [3.8, 4) is 0 Å². The van der Waals surface area contributed by atoms with Crippen LogP contribution in [0.1, 0.15) is 11.1 Å². The average molecular weight is 234 g/mol. The third-order valence-electron chi connectivity index (χ3n) is 4.08. The number of hydrogen-bond donors (Lipinski definition) is 2. The number of nitrogens with zero attached hydrogens (tertiary/aromatic N) is 1. The lowest BCUT2D eigenvalue weighted by Gasteiger charge is -2.42. The Morgan fingerprint density at radius 3 is 2.59 bits per heavy atom. The lowest BCUT2D eigenvalue weighted by molar-refractivity contribution is 0.245. The first-order chi connectivity index (χ1) is 8.19. The van der Waals surface area contributed by atoms with Gasteiger partial charge in [-0.05, 0) is 25.5 Å². The molecular formula is C14H24N3+. The Morgan fingerprint density at radius 1 is 1.24 bits per heavy atom. The summed E-state index contributed by atoms with van der Waals surface area (Å²) < 4.78 is 1.05. The van der Waals surface area contributed by atoms with E-state index in [0.29, 0.717) is 0 Å². The van der Waals surface area contributed by atoms with Gasteiger partial charge in [-0.15, -0.1) is 0 Å². The summed E-state index contributed by atoms with van der Waals surface area (Å²) >= 11 is 0. The SMILES string of the molecule is Cc1cccc([N+]2(CCN)CCNCC2)c1C. The summed E-state index contributed by atoms with van der Waals surface area (Å²) in [6.45, 7) is 10.7. The Bertz CT molecular complexity index is 376. The van der Waals surface area contributed by atoms with Gasteiger partial charge in [-0.1, -0.05) is 12.1 Å². The van der Waals surface area contributed by atoms with E-state index in [1.807, 2.05) is 0 Å². The molecule has 3 N–H and O–H groups in total. The van der Waals surface area contributed by atoms with Crippen LogP contribution in [0.3, 0.4) is 0 Å². The zero-order valence-corrected chi connectivity index (χ0v) is 11.0. The van der Waals surface area contributed by atoms with Gasteiger partial charge in [0.2, 0.25) is 0 Å². The maximum absolute atomic E-state index is 5.83. The van der Waals surface area contributed by atoms with E-state index < -0.39 is 0 Å². The second kappa shape index (κ2) is 5.17. The van der Waals surface area contributed by atoms with Gasteiger partial charge in [0.15, 0.2) is 0 Å². The Labute approximate surface area is 104 Å². The van der Waals surface area contributed by atoms with Crippen LogP contribution < -0.4 is 15.5 Å². The minimum absolute atomic E-state index is 0.757. The Morgan fingerprint density at radius 2 is 1.94 bits per heavy atom. The van der Waals surface area contributed by atoms with E-state index in [9.17, 15) is 0 Å². The third kappa shape index (κ3) is 2.37. The molecule has 94 valence electrons. The molecule has 1 aromatic carbocycles. The lowest BCUT2D eigenvalue weighted by atomic mass is 10.0. The molecular weight excluding hydrogens is 210 g/mol. The third-order valence-corrected chi connectivity index (χ3v) is 4.08. The normalized spacial score (nSPS) is 19.2. The van der Waals surface area contributed by atoms with Crippen LogP contribution in [0.15, 0.2) is 18.2 Å². The molecule has 1 aromatic rings. The molecule has 3 heteroatoms. The second-order valence-electron chi connectivity index (χ2n) is 5.07. The molecule has 1 fully saturated rings. The molecule has 0 unspecified atom stereocenters. The molecule has 0 spiro atoms. The highest BCUT2D eigenvalue weighted by atomic mass is 15.4. The van der Waals surface area contributed by atoms with Crippen molar-refractivity contribution in [1.29, 1.82) is 0 Å². The van der Waals surface area contributed by atoms with Gasteiger partial charge in [0.1, 0.15) is 5.69 Å². The van der Waals surface area contributed by atoms with Crippen LogP contribution in [0.2, 0.25) is 0 Å². The van der Waals surface area contributed by atoms with Gasteiger partial charge in [-0.25, -0.2) is 0 Å². The van der Waals surface area contributed by atoms with Crippen LogP contribution >= 0.6 is 0 Å². The monoisotopic (exact) mass is 234 g/mol. The fourth-order valence-corrected chi connectivity index (χ4v) is 2.90. The number of hydrogen-bond acceptors (Lipinski definition) is 2. The van der Waals surface area contributed by atoms with Gasteiger partial charge in [0.05, 0.1) is 19.6 Å². The van der Waals surface area contributed by atoms with Crippen LogP contribution in [-0.2, 0) is 0 Å². The topological polar surface area (TPSA) is 38.0 Å². The van der Waals surface area contributed by atoms with Crippen molar-refractivity contribution in [2.24, 2.45) is 5.73 Å². The Balaban J connectivity index is 2.41. The predicted octanol–water partition coefficient (Wildman–Crippen LogP) is 1.17. The van der Waals surface area contributed by atoms with Gasteiger partial charge < -0.3 is 11.1 Å². The minimum atomic E-state index is 0.757. The Hall–Kier alpha value is -0.900. The fourth-order valence-electron chi connectivity index (χ4n) is 2.90. The van der Waals surface area contributed by atoms with Crippen LogP contribution in [-0.4, -0.2) is 39.3 Å². The van der Waals surface area contributed by atoms with Gasteiger partial charge in [0.25, 0.3) is 0 Å². The number of benzene rings is 1. The maximum Gasteiger partial charge on any atom is 0.136 e. The van der Waals surface area contributed by atoms with Crippen molar-refractivity contribution in [2.75, 3.05) is 39.3 Å². The van der Waals surface area contributed by atoms with E-state index in [2.05, 4.69) is 37.4 Å². The molecule has 3 nitrogen and oxygen atoms in total. The number of nitrogens with two attached hydrogens (primary N) is 1. The van der Waals surface area contributed by atoms with E-state index in [1.165, 1.54) is 16.8 Å². The molecule has 1 saturated heterocycles. The minimum Gasteiger partial charge on any atom is -0.326 e. The smallest absolute Gasteiger partial charge is 0.136 e. The molecule has 0 aromatic heterocycles. The first-order valence-corrected chi connectivity index (χ1v) is 6.53. The van der Waals surface area contributed by atoms with Gasteiger partial charge >= 0.3 is 0 Å². The quantitative estimate of drug-likeness (QED) is 0.771. The van der Waals surface area contributed by atoms with Crippen molar-refractivity contribution in [2.45, 2.75) is 13.8 Å². The molecule has 1 aliphatic rings. The van der Waals surface area contributed by atoms with Crippen molar-refractivity contribution in [3.05, 3.63) is 29.3 Å². The molecule has 0 amide bonds. The molecule has 1 heterocycles. The summed E-state index contributed by atoms with van der Waals surface area (Å²) in [4.78, 5) is 0. The Kier molecular flexibility index (Phi) is 3.82. The largest absolute Gasteiger partial charge is 0.326 e. The number of rotatable bonds is 3. The molecule has 2 rings (SSSR count). The maximum atomic E-state index is 5.83. The van der Waals surface area contributed by atoms with Crippen molar-refractivity contribution < 1.29 is 0 Å². The highest BCUT2D eigenvalue weighted by Crippen LogP contribution is 2.29. The summed E-state index contributed by atoms with van der Waals surface area (Å²) in [6, 6.07) is 6.65. The molecule has 17 heavy (non-hydrogen) atoms. The number of nitrogens with one attached hydrogen (secondary N) is 1. The van der Waals surface area contributed by atoms with E-state index in [0.717, 1.165) is 43.8 Å². The fraction of sp³-hybridized carbons (Fsp3) is 0.571. The van der Waals surface area contributed by atoms with Crippen molar-refractivity contribution >= 4 is 5.69 Å². The van der Waals surface area contributed by atoms with Crippen molar-refractivity contribution in [3.63, 3.8) is 0 Å². The molecule has 0 aliphatic carbocycles. The van der Waals surface area contributed by atoms with E-state index in [-0.39, 0.29) is 0 Å². The molecule has 0 saturated carbocycles. The second-order valence-corrected chi connectivity index (χ2v) is 5.07. The predicted molar refractivity (Wildman–Crippen MR) is 74.2 cm³/mol. The van der Waals surface area contributed by atoms with Gasteiger partial charge in [-0.2, -0.15) is 0 Å². The first kappa shape index (κ1) is 12.6. The lowest BCUT2D eigenvalue weighted by Crippen LogP contribution is -2.61. The van der Waals surface area contributed by atoms with Gasteiger partial charge in [0, 0.05) is 25.2 Å². The number of aryl methyl sites for hydroxylation is 1. The van der Waals surface area contributed by atoms with E-state index in [4.69, 9.17) is 5.73 Å². The van der Waals surface area contributed by atoms with Crippen molar-refractivity contribution in [1.82, 2.24) is 9.80 Å². The van der Waals surface area contributed by atoms with Crippen LogP contribution in [0, 0.1) is 13.8 Å². The highest BCUT2D eigenvalue weighted by molar-refractivity contribution is 5.53. The zero-order valence-electron chi connectivity index (χ0n) is 11.0. The summed E-state index contributed by atoms with van der Waals surface area (Å²) in [5, 5.41) is 3.45. The number of piperazine rings is 1. The highest BCUT2D eigenvalue weighted by Gasteiger charge is 2.33. The van der Waals surface area contributed by atoms with Gasteiger partial charge in [-0.3, -0.25) is 4.48 Å². The molecule has 0 bridgehead atoms. The zero-order chi connectivity index (χ0) is 12.3. The summed E-state index contributed by atoms with van der Waals surface area (Å²) in [5.74, 6) is 0.